The van der Waals surface area contributed by atoms with Crippen molar-refractivity contribution in [2.45, 2.75) is 6.92 Å². The first kappa shape index (κ1) is 17.9. The average molecular weight is 396 g/mol. The molecule has 2 aromatic carbocycles. The van der Waals surface area contributed by atoms with E-state index in [9.17, 15) is 0 Å². The van der Waals surface area contributed by atoms with E-state index in [0.717, 1.165) is 44.9 Å². The molecule has 0 saturated carbocycles. The fourth-order valence-corrected chi connectivity index (χ4v) is 3.52. The molecule has 0 aliphatic carbocycles. The Labute approximate surface area is 173 Å². The number of benzene rings is 2. The number of hydrogen-bond acceptors (Lipinski definition) is 5. The lowest BCUT2D eigenvalue weighted by molar-refractivity contribution is 0.342. The van der Waals surface area contributed by atoms with Crippen molar-refractivity contribution in [2.24, 2.45) is 0 Å². The van der Waals surface area contributed by atoms with Gasteiger partial charge in [0, 0.05) is 18.0 Å². The van der Waals surface area contributed by atoms with Crippen LogP contribution >= 0.6 is 0 Å². The number of nitrogens with zero attached hydrogens (tertiary/aromatic N) is 3. The van der Waals surface area contributed by atoms with E-state index in [4.69, 9.17) is 4.74 Å². The van der Waals surface area contributed by atoms with Crippen molar-refractivity contribution in [3.63, 3.8) is 0 Å². The summed E-state index contributed by atoms with van der Waals surface area (Å²) >= 11 is 0. The fourth-order valence-electron chi connectivity index (χ4n) is 3.52. The zero-order chi connectivity index (χ0) is 20.3. The average Bonchev–Trinajstić information content (AvgIpc) is 3.46. The Morgan fingerprint density at radius 1 is 1.00 bits per heavy atom. The quantitative estimate of drug-likeness (QED) is 0.369. The molecule has 0 spiro atoms. The Hall–Kier alpha value is -4.13. The van der Waals surface area contributed by atoms with Crippen molar-refractivity contribution in [3.8, 4) is 28.1 Å². The van der Waals surface area contributed by atoms with Gasteiger partial charge in [-0.15, -0.1) is 0 Å². The number of aromatic nitrogens is 5. The van der Waals surface area contributed by atoms with Crippen LogP contribution in [0.1, 0.15) is 6.92 Å². The summed E-state index contributed by atoms with van der Waals surface area (Å²) in [6, 6.07) is 18.3. The lowest BCUT2D eigenvalue weighted by atomic mass is 10.0. The third-order valence-corrected chi connectivity index (χ3v) is 4.90. The molecule has 5 rings (SSSR count). The predicted molar refractivity (Wildman–Crippen MR) is 118 cm³/mol. The van der Waals surface area contributed by atoms with Gasteiger partial charge in [-0.05, 0) is 36.2 Å². The molecule has 0 bridgehead atoms. The van der Waals surface area contributed by atoms with E-state index in [1.54, 1.807) is 12.5 Å². The Balaban J connectivity index is 1.62. The largest absolute Gasteiger partial charge is 0.492 e. The van der Waals surface area contributed by atoms with Gasteiger partial charge in [-0.1, -0.05) is 36.4 Å². The molecule has 0 saturated heterocycles. The number of anilines is 2. The monoisotopic (exact) mass is 396 g/mol. The lowest BCUT2D eigenvalue weighted by Crippen LogP contribution is -2.01. The number of H-pyrrole nitrogens is 2. The molecule has 0 fully saturated rings. The molecule has 3 aromatic heterocycles. The normalized spacial score (nSPS) is 11.0. The molecule has 148 valence electrons. The Kier molecular flexibility index (Phi) is 4.61. The number of ether oxygens (including phenoxy) is 1. The second-order valence-corrected chi connectivity index (χ2v) is 6.75. The van der Waals surface area contributed by atoms with Crippen LogP contribution < -0.4 is 10.1 Å². The summed E-state index contributed by atoms with van der Waals surface area (Å²) in [5, 5.41) is 11.4. The van der Waals surface area contributed by atoms with Crippen molar-refractivity contribution in [2.75, 3.05) is 11.9 Å². The van der Waals surface area contributed by atoms with Gasteiger partial charge < -0.3 is 15.0 Å². The van der Waals surface area contributed by atoms with Crippen LogP contribution in [0.3, 0.4) is 0 Å². The summed E-state index contributed by atoms with van der Waals surface area (Å²) in [5.74, 6) is 1.46. The topological polar surface area (TPSA) is 91.5 Å². The van der Waals surface area contributed by atoms with Crippen LogP contribution in [-0.2, 0) is 0 Å². The molecule has 0 radical (unpaired) electrons. The van der Waals surface area contributed by atoms with Crippen LogP contribution in [0.25, 0.3) is 33.4 Å². The molecule has 7 nitrogen and oxygen atoms in total. The molecule has 3 heterocycles. The molecule has 5 aromatic rings. The van der Waals surface area contributed by atoms with Gasteiger partial charge in [0.1, 0.15) is 23.5 Å². The van der Waals surface area contributed by atoms with E-state index < -0.39 is 0 Å². The van der Waals surface area contributed by atoms with Crippen molar-refractivity contribution < 1.29 is 4.74 Å². The number of fused-ring (bicyclic) bond motifs is 1. The summed E-state index contributed by atoms with van der Waals surface area (Å²) in [5.41, 5.74) is 5.65. The minimum Gasteiger partial charge on any atom is -0.492 e. The standard InChI is InChI=1S/C23H20N6O/c1-2-30-20-9-8-16(15-6-4-3-5-7-15)12-19(20)28-23-21-17(18-10-11-27-29-18)13-24-22(21)25-14-26-23/h3-14H,2H2,1H3,(H,27,29)(H2,24,25,26,28). The molecular weight excluding hydrogens is 376 g/mol. The van der Waals surface area contributed by atoms with E-state index in [2.05, 4.69) is 54.7 Å². The Morgan fingerprint density at radius 3 is 2.70 bits per heavy atom. The van der Waals surface area contributed by atoms with E-state index >= 15 is 0 Å². The molecule has 0 aliphatic heterocycles. The smallest absolute Gasteiger partial charge is 0.144 e. The van der Waals surface area contributed by atoms with Gasteiger partial charge >= 0.3 is 0 Å². The van der Waals surface area contributed by atoms with Crippen LogP contribution in [0.15, 0.2) is 73.3 Å². The summed E-state index contributed by atoms with van der Waals surface area (Å²) in [4.78, 5) is 12.1. The molecule has 7 heteroatoms. The SMILES string of the molecule is CCOc1ccc(-c2ccccc2)cc1Nc1ncnc2[nH]cc(-c3ccn[nH]3)c12. The molecule has 3 N–H and O–H groups in total. The molecule has 30 heavy (non-hydrogen) atoms. The molecule has 0 unspecified atom stereocenters. The van der Waals surface area contributed by atoms with Crippen LogP contribution in [0.2, 0.25) is 0 Å². The van der Waals surface area contributed by atoms with Crippen LogP contribution in [0.4, 0.5) is 11.5 Å². The van der Waals surface area contributed by atoms with Crippen molar-refractivity contribution in [1.29, 1.82) is 0 Å². The van der Waals surface area contributed by atoms with E-state index in [1.807, 2.05) is 43.5 Å². The number of hydrogen-bond donors (Lipinski definition) is 3. The van der Waals surface area contributed by atoms with E-state index in [-0.39, 0.29) is 0 Å². The first-order chi connectivity index (χ1) is 14.8. The van der Waals surface area contributed by atoms with Crippen molar-refractivity contribution >= 4 is 22.5 Å². The van der Waals surface area contributed by atoms with Gasteiger partial charge in [-0.3, -0.25) is 5.10 Å². The molecule has 0 atom stereocenters. The highest BCUT2D eigenvalue weighted by molar-refractivity contribution is 6.01. The Morgan fingerprint density at radius 2 is 1.90 bits per heavy atom. The van der Waals surface area contributed by atoms with Crippen LogP contribution in [-0.4, -0.2) is 31.8 Å². The number of rotatable bonds is 6. The number of nitrogens with one attached hydrogen (secondary N) is 3. The first-order valence-corrected chi connectivity index (χ1v) is 9.74. The maximum atomic E-state index is 5.87. The molecule has 0 aliphatic rings. The lowest BCUT2D eigenvalue weighted by Gasteiger charge is -2.15. The van der Waals surface area contributed by atoms with Gasteiger partial charge in [0.2, 0.25) is 0 Å². The van der Waals surface area contributed by atoms with Crippen molar-refractivity contribution in [3.05, 3.63) is 73.3 Å². The number of aromatic amines is 2. The summed E-state index contributed by atoms with van der Waals surface area (Å²) in [6.45, 7) is 2.54. The third-order valence-electron chi connectivity index (χ3n) is 4.90. The molecule has 0 amide bonds. The van der Waals surface area contributed by atoms with Crippen LogP contribution in [0.5, 0.6) is 5.75 Å². The highest BCUT2D eigenvalue weighted by Crippen LogP contribution is 2.36. The summed E-state index contributed by atoms with van der Waals surface area (Å²) in [7, 11) is 0. The second-order valence-electron chi connectivity index (χ2n) is 6.75. The summed E-state index contributed by atoms with van der Waals surface area (Å²) < 4.78 is 5.87. The zero-order valence-corrected chi connectivity index (χ0v) is 16.4. The third kappa shape index (κ3) is 3.26. The van der Waals surface area contributed by atoms with Gasteiger partial charge in [0.15, 0.2) is 0 Å². The van der Waals surface area contributed by atoms with Gasteiger partial charge in [-0.2, -0.15) is 5.10 Å². The van der Waals surface area contributed by atoms with E-state index in [0.29, 0.717) is 12.4 Å². The maximum Gasteiger partial charge on any atom is 0.144 e. The highest BCUT2D eigenvalue weighted by Gasteiger charge is 2.15. The zero-order valence-electron chi connectivity index (χ0n) is 16.4. The maximum absolute atomic E-state index is 5.87. The van der Waals surface area contributed by atoms with E-state index in [1.165, 1.54) is 0 Å². The van der Waals surface area contributed by atoms with Gasteiger partial charge in [0.25, 0.3) is 0 Å². The summed E-state index contributed by atoms with van der Waals surface area (Å²) in [6.07, 6.45) is 5.17. The highest BCUT2D eigenvalue weighted by atomic mass is 16.5. The Bertz CT molecular complexity index is 1280. The predicted octanol–water partition coefficient (Wildman–Crippen LogP) is 5.16. The van der Waals surface area contributed by atoms with Crippen LogP contribution in [0, 0.1) is 0 Å². The van der Waals surface area contributed by atoms with Gasteiger partial charge in [0.05, 0.1) is 23.4 Å². The second kappa shape index (κ2) is 7.71. The van der Waals surface area contributed by atoms with Gasteiger partial charge in [-0.25, -0.2) is 9.97 Å². The fraction of sp³-hybridized carbons (Fsp3) is 0.0870. The minimum atomic E-state index is 0.572. The van der Waals surface area contributed by atoms with Crippen molar-refractivity contribution in [1.82, 2.24) is 25.1 Å². The molecular formula is C23H20N6O. The minimum absolute atomic E-state index is 0.572. The first-order valence-electron chi connectivity index (χ1n) is 9.74.